The second-order valence-electron chi connectivity index (χ2n) is 7.02. The lowest BCUT2D eigenvalue weighted by molar-refractivity contribution is -0.0156. The van der Waals surface area contributed by atoms with Crippen molar-refractivity contribution in [3.05, 3.63) is 0 Å². The molecule has 0 amide bonds. The fraction of sp³-hybridized carbons (Fsp3) is 0.944. The number of rotatable bonds is 8. The summed E-state index contributed by atoms with van der Waals surface area (Å²) in [7, 11) is 2.10. The van der Waals surface area contributed by atoms with Gasteiger partial charge >= 0.3 is 0 Å². The molecule has 2 aliphatic rings. The highest BCUT2D eigenvalue weighted by Gasteiger charge is 2.45. The van der Waals surface area contributed by atoms with Crippen molar-refractivity contribution in [2.45, 2.75) is 56.8 Å². The van der Waals surface area contributed by atoms with Gasteiger partial charge in [-0.2, -0.15) is 11.8 Å². The van der Waals surface area contributed by atoms with E-state index in [1.165, 1.54) is 19.3 Å². The van der Waals surface area contributed by atoms with Crippen molar-refractivity contribution in [1.82, 2.24) is 10.2 Å². The van der Waals surface area contributed by atoms with E-state index in [1.54, 1.807) is 0 Å². The van der Waals surface area contributed by atoms with Gasteiger partial charge in [0, 0.05) is 38.6 Å². The lowest BCUT2D eigenvalue weighted by atomic mass is 9.79. The van der Waals surface area contributed by atoms with Crippen molar-refractivity contribution >= 4 is 41.7 Å². The monoisotopic (exact) mass is 485 g/mol. The number of hydrogen-bond donors (Lipinski definition) is 2. The highest BCUT2D eigenvalue weighted by atomic mass is 127. The van der Waals surface area contributed by atoms with Crippen molar-refractivity contribution in [3.8, 4) is 0 Å². The van der Waals surface area contributed by atoms with Gasteiger partial charge in [-0.05, 0) is 50.7 Å². The molecule has 2 N–H and O–H groups in total. The first-order valence-corrected chi connectivity index (χ1v) is 10.5. The Kier molecular flexibility index (Phi) is 11.1. The highest BCUT2D eigenvalue weighted by Crippen LogP contribution is 2.41. The number of hydrogen-bond acceptors (Lipinski definition) is 4. The molecule has 0 aromatic rings. The molecule has 0 radical (unpaired) electrons. The first-order chi connectivity index (χ1) is 11.6. The van der Waals surface area contributed by atoms with E-state index < -0.39 is 5.60 Å². The molecule has 1 saturated carbocycles. The molecule has 0 spiro atoms. The van der Waals surface area contributed by atoms with Crippen LogP contribution in [0.1, 0.15) is 46.0 Å². The van der Waals surface area contributed by atoms with Gasteiger partial charge in [0.25, 0.3) is 0 Å². The van der Waals surface area contributed by atoms with Crippen LogP contribution in [0.3, 0.4) is 0 Å². The number of aliphatic imine (C=N–C) groups is 1. The molecular weight excluding hydrogens is 449 g/mol. The molecular formula is C18H36IN3O2S. The third-order valence-corrected chi connectivity index (χ3v) is 6.63. The van der Waals surface area contributed by atoms with E-state index in [2.05, 4.69) is 31.1 Å². The number of thioether (sulfide) groups is 1. The van der Waals surface area contributed by atoms with Gasteiger partial charge in [-0.3, -0.25) is 4.99 Å². The molecule has 0 aromatic carbocycles. The Morgan fingerprint density at radius 2 is 2.04 bits per heavy atom. The topological polar surface area (TPSA) is 57.1 Å². The second-order valence-corrected chi connectivity index (χ2v) is 8.50. The van der Waals surface area contributed by atoms with Crippen molar-refractivity contribution in [2.75, 3.05) is 45.6 Å². The molecule has 5 nitrogen and oxygen atoms in total. The Hall–Kier alpha value is 0.270. The van der Waals surface area contributed by atoms with Crippen LogP contribution in [0, 0.1) is 5.92 Å². The standard InChI is InChI=1S/C18H35N3O2S.HI/c1-4-19-17(20-14-18(22)10-6-16(18)24-5-2)21(3)11-7-15-8-12-23-13-9-15;/h15-16,22H,4-14H2,1-3H3,(H,19,20);1H. The average molecular weight is 485 g/mol. The zero-order valence-electron chi connectivity index (χ0n) is 16.0. The van der Waals surface area contributed by atoms with Crippen molar-refractivity contribution in [3.63, 3.8) is 0 Å². The van der Waals surface area contributed by atoms with Crippen LogP contribution in [-0.4, -0.2) is 72.5 Å². The summed E-state index contributed by atoms with van der Waals surface area (Å²) in [5.41, 5.74) is -0.608. The van der Waals surface area contributed by atoms with E-state index in [4.69, 9.17) is 9.73 Å². The number of guanidine groups is 1. The number of aliphatic hydroxyl groups is 1. The molecule has 1 heterocycles. The molecule has 0 bridgehead atoms. The van der Waals surface area contributed by atoms with Crippen LogP contribution in [0.2, 0.25) is 0 Å². The van der Waals surface area contributed by atoms with Gasteiger partial charge in [0.2, 0.25) is 0 Å². The van der Waals surface area contributed by atoms with Gasteiger partial charge in [0.1, 0.15) is 0 Å². The molecule has 1 aliphatic carbocycles. The van der Waals surface area contributed by atoms with E-state index in [-0.39, 0.29) is 24.0 Å². The summed E-state index contributed by atoms with van der Waals surface area (Å²) in [6.07, 6.45) is 5.53. The second kappa shape index (κ2) is 11.9. The normalized spacial score (nSPS) is 27.4. The minimum Gasteiger partial charge on any atom is -0.387 e. The Morgan fingerprint density at radius 3 is 2.60 bits per heavy atom. The Bertz CT molecular complexity index is 408. The minimum absolute atomic E-state index is 0. The van der Waals surface area contributed by atoms with Gasteiger partial charge < -0.3 is 20.1 Å². The average Bonchev–Trinajstić information content (AvgIpc) is 2.60. The van der Waals surface area contributed by atoms with Crippen LogP contribution < -0.4 is 5.32 Å². The molecule has 25 heavy (non-hydrogen) atoms. The van der Waals surface area contributed by atoms with Crippen LogP contribution in [0.5, 0.6) is 0 Å². The van der Waals surface area contributed by atoms with Gasteiger partial charge in [-0.1, -0.05) is 6.92 Å². The fourth-order valence-corrected chi connectivity index (χ4v) is 4.60. The summed E-state index contributed by atoms with van der Waals surface area (Å²) in [6, 6.07) is 0. The molecule has 1 aliphatic heterocycles. The lowest BCUT2D eigenvalue weighted by Crippen LogP contribution is -2.53. The quantitative estimate of drug-likeness (QED) is 0.315. The predicted octanol–water partition coefficient (Wildman–Crippen LogP) is 2.97. The summed E-state index contributed by atoms with van der Waals surface area (Å²) < 4.78 is 5.44. The molecule has 7 heteroatoms. The molecule has 0 aromatic heterocycles. The molecule has 2 fully saturated rings. The Labute approximate surface area is 174 Å². The molecule has 2 unspecified atom stereocenters. The van der Waals surface area contributed by atoms with E-state index in [1.807, 2.05) is 11.8 Å². The first kappa shape index (κ1) is 23.3. The highest BCUT2D eigenvalue weighted by molar-refractivity contribution is 14.0. The summed E-state index contributed by atoms with van der Waals surface area (Å²) >= 11 is 1.86. The van der Waals surface area contributed by atoms with Gasteiger partial charge in [0.05, 0.1) is 12.1 Å². The number of ether oxygens (including phenoxy) is 1. The van der Waals surface area contributed by atoms with E-state index in [0.717, 1.165) is 56.8 Å². The van der Waals surface area contributed by atoms with Crippen molar-refractivity contribution in [2.24, 2.45) is 10.9 Å². The number of nitrogens with one attached hydrogen (secondary N) is 1. The molecule has 2 rings (SSSR count). The minimum atomic E-state index is -0.608. The van der Waals surface area contributed by atoms with Crippen LogP contribution in [0.25, 0.3) is 0 Å². The zero-order valence-corrected chi connectivity index (χ0v) is 19.1. The lowest BCUT2D eigenvalue weighted by Gasteiger charge is -2.44. The van der Waals surface area contributed by atoms with Crippen LogP contribution in [0.4, 0.5) is 0 Å². The molecule has 148 valence electrons. The van der Waals surface area contributed by atoms with E-state index in [0.29, 0.717) is 11.8 Å². The van der Waals surface area contributed by atoms with Crippen molar-refractivity contribution in [1.29, 1.82) is 0 Å². The summed E-state index contributed by atoms with van der Waals surface area (Å²) in [4.78, 5) is 6.96. The smallest absolute Gasteiger partial charge is 0.193 e. The van der Waals surface area contributed by atoms with Crippen LogP contribution in [-0.2, 0) is 4.74 Å². The van der Waals surface area contributed by atoms with E-state index in [9.17, 15) is 5.11 Å². The molecule has 1 saturated heterocycles. The van der Waals surface area contributed by atoms with Crippen LogP contribution in [0.15, 0.2) is 4.99 Å². The maximum atomic E-state index is 10.7. The summed E-state index contributed by atoms with van der Waals surface area (Å²) in [6.45, 7) is 8.43. The predicted molar refractivity (Wildman–Crippen MR) is 118 cm³/mol. The zero-order chi connectivity index (χ0) is 17.4. The maximum absolute atomic E-state index is 10.7. The molecule has 2 atom stereocenters. The maximum Gasteiger partial charge on any atom is 0.193 e. The van der Waals surface area contributed by atoms with Gasteiger partial charge in [-0.15, -0.1) is 24.0 Å². The van der Waals surface area contributed by atoms with Crippen molar-refractivity contribution < 1.29 is 9.84 Å². The Balaban J connectivity index is 0.00000312. The Morgan fingerprint density at radius 1 is 1.32 bits per heavy atom. The van der Waals surface area contributed by atoms with E-state index >= 15 is 0 Å². The van der Waals surface area contributed by atoms with Gasteiger partial charge in [0.15, 0.2) is 5.96 Å². The summed E-state index contributed by atoms with van der Waals surface area (Å²) in [5, 5.41) is 14.5. The number of halogens is 1. The summed E-state index contributed by atoms with van der Waals surface area (Å²) in [5.74, 6) is 2.75. The SMILES string of the molecule is CCNC(=NCC1(O)CCC1SCC)N(C)CCC1CCOCC1.I. The number of nitrogens with zero attached hydrogens (tertiary/aromatic N) is 2. The third-order valence-electron chi connectivity index (χ3n) is 5.22. The van der Waals surface area contributed by atoms with Crippen LogP contribution >= 0.6 is 35.7 Å². The third kappa shape index (κ3) is 7.07. The first-order valence-electron chi connectivity index (χ1n) is 9.50. The largest absolute Gasteiger partial charge is 0.387 e. The fourth-order valence-electron chi connectivity index (χ4n) is 3.41. The van der Waals surface area contributed by atoms with Gasteiger partial charge in [-0.25, -0.2) is 0 Å².